The van der Waals surface area contributed by atoms with Crippen LogP contribution in [0.15, 0.2) is 4.99 Å². The Morgan fingerprint density at radius 1 is 1.19 bits per heavy atom. The fourth-order valence-electron chi connectivity index (χ4n) is 4.01. The third kappa shape index (κ3) is 3.71. The van der Waals surface area contributed by atoms with Crippen LogP contribution in [0.2, 0.25) is 0 Å². The summed E-state index contributed by atoms with van der Waals surface area (Å²) >= 11 is 0. The third-order valence-corrected chi connectivity index (χ3v) is 5.32. The number of rotatable bonds is 5. The molecule has 2 heterocycles. The number of guanidine groups is 1. The molecule has 0 aromatic rings. The van der Waals surface area contributed by atoms with E-state index in [1.165, 1.54) is 70.7 Å². The molecular formula is C17H32N4. The molecule has 1 aliphatic carbocycles. The highest BCUT2D eigenvalue weighted by Crippen LogP contribution is 2.34. The number of hydrogen-bond acceptors (Lipinski definition) is 2. The second-order valence-corrected chi connectivity index (χ2v) is 6.96. The summed E-state index contributed by atoms with van der Waals surface area (Å²) in [5.74, 6) is 2.08. The molecular weight excluding hydrogens is 260 g/mol. The van der Waals surface area contributed by atoms with E-state index in [1.54, 1.807) is 0 Å². The molecule has 0 amide bonds. The Morgan fingerprint density at radius 2 is 2.00 bits per heavy atom. The predicted octanol–water partition coefficient (Wildman–Crippen LogP) is 2.31. The maximum absolute atomic E-state index is 4.75. The van der Waals surface area contributed by atoms with Gasteiger partial charge in [0.15, 0.2) is 5.96 Å². The van der Waals surface area contributed by atoms with Crippen molar-refractivity contribution in [3.8, 4) is 0 Å². The van der Waals surface area contributed by atoms with Gasteiger partial charge in [-0.3, -0.25) is 9.89 Å². The summed E-state index contributed by atoms with van der Waals surface area (Å²) in [5, 5.41) is 3.74. The van der Waals surface area contributed by atoms with Crippen LogP contribution in [-0.2, 0) is 0 Å². The first-order valence-corrected chi connectivity index (χ1v) is 9.11. The van der Waals surface area contributed by atoms with Crippen LogP contribution in [-0.4, -0.2) is 60.6 Å². The molecule has 3 aliphatic rings. The summed E-state index contributed by atoms with van der Waals surface area (Å²) in [6.07, 6.45) is 8.13. The molecule has 3 atom stereocenters. The van der Waals surface area contributed by atoms with Crippen molar-refractivity contribution in [3.05, 3.63) is 0 Å². The average molecular weight is 292 g/mol. The normalized spacial score (nSPS) is 33.7. The summed E-state index contributed by atoms with van der Waals surface area (Å²) in [6, 6.07) is 1.46. The lowest BCUT2D eigenvalue weighted by atomic mass is 10.2. The summed E-state index contributed by atoms with van der Waals surface area (Å²) in [7, 11) is 0. The predicted molar refractivity (Wildman–Crippen MR) is 88.7 cm³/mol. The van der Waals surface area contributed by atoms with Gasteiger partial charge in [0.25, 0.3) is 0 Å². The minimum atomic E-state index is 0.695. The fraction of sp³-hybridized carbons (Fsp3) is 0.941. The molecule has 4 heteroatoms. The van der Waals surface area contributed by atoms with Gasteiger partial charge in [-0.25, -0.2) is 0 Å². The number of likely N-dealkylation sites (tertiary alicyclic amines) is 2. The van der Waals surface area contributed by atoms with Crippen LogP contribution in [0.3, 0.4) is 0 Å². The lowest BCUT2D eigenvalue weighted by Crippen LogP contribution is -2.44. The van der Waals surface area contributed by atoms with E-state index in [0.29, 0.717) is 6.04 Å². The van der Waals surface area contributed by atoms with Crippen molar-refractivity contribution < 1.29 is 0 Å². The van der Waals surface area contributed by atoms with E-state index in [-0.39, 0.29) is 0 Å². The van der Waals surface area contributed by atoms with Crippen LogP contribution >= 0.6 is 0 Å². The van der Waals surface area contributed by atoms with Gasteiger partial charge >= 0.3 is 0 Å². The average Bonchev–Trinajstić information content (AvgIpc) is 2.92. The molecule has 120 valence electrons. The Bertz CT molecular complexity index is 362. The Hall–Kier alpha value is -0.770. The Labute approximate surface area is 130 Å². The fourth-order valence-corrected chi connectivity index (χ4v) is 4.01. The Balaban J connectivity index is 1.52. The summed E-state index contributed by atoms with van der Waals surface area (Å²) < 4.78 is 0. The molecule has 1 N–H and O–H groups in total. The van der Waals surface area contributed by atoms with Crippen LogP contribution in [0, 0.1) is 5.92 Å². The van der Waals surface area contributed by atoms with Crippen molar-refractivity contribution in [2.24, 2.45) is 10.9 Å². The molecule has 3 rings (SSSR count). The van der Waals surface area contributed by atoms with Gasteiger partial charge in [-0.15, -0.1) is 0 Å². The van der Waals surface area contributed by atoms with Crippen molar-refractivity contribution >= 4 is 5.96 Å². The lowest BCUT2D eigenvalue weighted by molar-refractivity contribution is 0.249. The van der Waals surface area contributed by atoms with Gasteiger partial charge in [-0.1, -0.05) is 13.3 Å². The van der Waals surface area contributed by atoms with E-state index in [2.05, 4.69) is 29.0 Å². The third-order valence-electron chi connectivity index (χ3n) is 5.32. The molecule has 2 aliphatic heterocycles. The van der Waals surface area contributed by atoms with Gasteiger partial charge < -0.3 is 10.2 Å². The maximum Gasteiger partial charge on any atom is 0.194 e. The van der Waals surface area contributed by atoms with Gasteiger partial charge in [0.2, 0.25) is 0 Å². The van der Waals surface area contributed by atoms with E-state index in [9.17, 15) is 0 Å². The second-order valence-electron chi connectivity index (χ2n) is 6.96. The molecule has 3 unspecified atom stereocenters. The second kappa shape index (κ2) is 6.99. The molecule has 2 saturated heterocycles. The first-order valence-electron chi connectivity index (χ1n) is 9.11. The maximum atomic E-state index is 4.75. The zero-order chi connectivity index (χ0) is 14.7. The molecule has 3 fully saturated rings. The molecule has 0 bridgehead atoms. The molecule has 4 nitrogen and oxygen atoms in total. The number of nitrogens with zero attached hydrogens (tertiary/aromatic N) is 3. The van der Waals surface area contributed by atoms with Gasteiger partial charge in [0.1, 0.15) is 0 Å². The van der Waals surface area contributed by atoms with Gasteiger partial charge in [0, 0.05) is 31.7 Å². The highest BCUT2D eigenvalue weighted by molar-refractivity contribution is 5.81. The van der Waals surface area contributed by atoms with Crippen LogP contribution in [0.5, 0.6) is 0 Å². The first-order chi connectivity index (χ1) is 10.3. The molecule has 0 spiro atoms. The minimum absolute atomic E-state index is 0.695. The largest absolute Gasteiger partial charge is 0.353 e. The van der Waals surface area contributed by atoms with Gasteiger partial charge in [0.05, 0.1) is 0 Å². The lowest BCUT2D eigenvalue weighted by Gasteiger charge is -2.25. The van der Waals surface area contributed by atoms with Crippen molar-refractivity contribution in [3.63, 3.8) is 0 Å². The van der Waals surface area contributed by atoms with Crippen LogP contribution < -0.4 is 5.32 Å². The van der Waals surface area contributed by atoms with E-state index in [1.807, 2.05) is 0 Å². The zero-order valence-corrected chi connectivity index (χ0v) is 13.9. The Morgan fingerprint density at radius 3 is 2.71 bits per heavy atom. The van der Waals surface area contributed by atoms with Crippen LogP contribution in [0.1, 0.15) is 52.4 Å². The first kappa shape index (κ1) is 15.1. The standard InChI is InChI=1S/C17H32N4/c1-3-7-14-12-16(14)19-17(18-4-2)21-11-8-15(13-21)20-9-5-6-10-20/h14-16H,3-13H2,1-2H3,(H,18,19). The van der Waals surface area contributed by atoms with Crippen molar-refractivity contribution in [2.75, 3.05) is 32.7 Å². The topological polar surface area (TPSA) is 30.9 Å². The summed E-state index contributed by atoms with van der Waals surface area (Å²) in [4.78, 5) is 9.96. The Kier molecular flexibility index (Phi) is 5.04. The van der Waals surface area contributed by atoms with E-state index in [0.717, 1.165) is 18.5 Å². The molecule has 0 radical (unpaired) electrons. The summed E-state index contributed by atoms with van der Waals surface area (Å²) in [6.45, 7) is 10.3. The highest BCUT2D eigenvalue weighted by atomic mass is 15.4. The highest BCUT2D eigenvalue weighted by Gasteiger charge is 2.38. The van der Waals surface area contributed by atoms with E-state index >= 15 is 0 Å². The van der Waals surface area contributed by atoms with Crippen LogP contribution in [0.4, 0.5) is 0 Å². The molecule has 0 aromatic heterocycles. The van der Waals surface area contributed by atoms with E-state index < -0.39 is 0 Å². The summed E-state index contributed by atoms with van der Waals surface area (Å²) in [5.41, 5.74) is 0. The monoisotopic (exact) mass is 292 g/mol. The number of hydrogen-bond donors (Lipinski definition) is 1. The SMILES string of the molecule is CCCC1CC1NC(=NCC)N1CCC(N2CCCC2)C1. The minimum Gasteiger partial charge on any atom is -0.353 e. The molecule has 0 aromatic carbocycles. The van der Waals surface area contributed by atoms with Crippen molar-refractivity contribution in [1.29, 1.82) is 0 Å². The molecule has 21 heavy (non-hydrogen) atoms. The zero-order valence-electron chi connectivity index (χ0n) is 13.9. The van der Waals surface area contributed by atoms with Crippen LogP contribution in [0.25, 0.3) is 0 Å². The molecule has 1 saturated carbocycles. The number of aliphatic imine (C=N–C) groups is 1. The smallest absolute Gasteiger partial charge is 0.194 e. The van der Waals surface area contributed by atoms with Gasteiger partial charge in [-0.05, 0) is 58.0 Å². The quantitative estimate of drug-likeness (QED) is 0.623. The number of nitrogens with one attached hydrogen (secondary N) is 1. The van der Waals surface area contributed by atoms with Gasteiger partial charge in [-0.2, -0.15) is 0 Å². The van der Waals surface area contributed by atoms with Crippen molar-refractivity contribution in [2.45, 2.75) is 64.5 Å². The van der Waals surface area contributed by atoms with E-state index in [4.69, 9.17) is 4.99 Å². The van der Waals surface area contributed by atoms with Crippen molar-refractivity contribution in [1.82, 2.24) is 15.1 Å².